The number of hydrogen-bond donors (Lipinski definition) is 3. The minimum absolute atomic E-state index is 0.0453. The molecule has 1 aliphatic carbocycles. The van der Waals surface area contributed by atoms with E-state index in [1.54, 1.807) is 30.5 Å². The highest BCUT2D eigenvalue weighted by Crippen LogP contribution is 2.32. The van der Waals surface area contributed by atoms with Crippen LogP contribution in [0, 0.1) is 0 Å². The fourth-order valence-corrected chi connectivity index (χ4v) is 5.15. The van der Waals surface area contributed by atoms with Crippen molar-refractivity contribution in [2.75, 3.05) is 5.32 Å². The van der Waals surface area contributed by atoms with Crippen LogP contribution in [0.15, 0.2) is 64.6 Å². The van der Waals surface area contributed by atoms with Gasteiger partial charge in [0.1, 0.15) is 0 Å². The zero-order chi connectivity index (χ0) is 24.4. The van der Waals surface area contributed by atoms with Gasteiger partial charge in [-0.1, -0.05) is 23.7 Å². The average Bonchev–Trinajstić information content (AvgIpc) is 3.20. The lowest BCUT2D eigenvalue weighted by molar-refractivity contribution is -0.113. The highest BCUT2D eigenvalue weighted by Gasteiger charge is 2.24. The molecule has 2 aliphatic rings. The molecule has 9 heteroatoms. The number of aliphatic imine (C=N–C) groups is 1. The standard InChI is InChI=1S/C26H23ClN4O3S/c27-20-9-4-17(24(33)29-18-5-7-19(32)8-6-18)14-22(20)30-26-31-25(34)23(35-26)13-15-3-10-21-16(12-15)2-1-11-28-21/h1-4,9-14,18-19,32H,5-8H2,(H,29,33)(H,30,31,34)/b23-13-/t18-,19-. The summed E-state index contributed by atoms with van der Waals surface area (Å²) in [6, 6.07) is 14.6. The number of halogens is 1. The van der Waals surface area contributed by atoms with Crippen LogP contribution >= 0.6 is 23.4 Å². The number of amidine groups is 1. The molecule has 1 fully saturated rings. The number of carbonyl (C=O) groups excluding carboxylic acids is 2. The molecule has 0 bridgehead atoms. The molecule has 5 rings (SSSR count). The van der Waals surface area contributed by atoms with Gasteiger partial charge in [-0.3, -0.25) is 14.6 Å². The van der Waals surface area contributed by atoms with Crippen LogP contribution in [0.2, 0.25) is 5.02 Å². The zero-order valence-corrected chi connectivity index (χ0v) is 20.3. The van der Waals surface area contributed by atoms with Crippen molar-refractivity contribution in [2.24, 2.45) is 4.99 Å². The lowest BCUT2D eigenvalue weighted by Crippen LogP contribution is -2.38. The molecule has 1 aliphatic heterocycles. The van der Waals surface area contributed by atoms with Gasteiger partial charge >= 0.3 is 0 Å². The van der Waals surface area contributed by atoms with Gasteiger partial charge in [-0.25, -0.2) is 0 Å². The maximum atomic E-state index is 12.7. The predicted octanol–water partition coefficient (Wildman–Crippen LogP) is 5.00. The number of thioether (sulfide) groups is 1. The third-order valence-corrected chi connectivity index (χ3v) is 7.28. The van der Waals surface area contributed by atoms with Gasteiger partial charge in [-0.05, 0) is 85.5 Å². The van der Waals surface area contributed by atoms with E-state index in [2.05, 4.69) is 20.6 Å². The maximum absolute atomic E-state index is 12.7. The maximum Gasteiger partial charge on any atom is 0.286 e. The Kier molecular flexibility index (Phi) is 6.86. The summed E-state index contributed by atoms with van der Waals surface area (Å²) in [4.78, 5) is 34.2. The van der Waals surface area contributed by atoms with Crippen molar-refractivity contribution in [1.29, 1.82) is 0 Å². The fourth-order valence-electron chi connectivity index (χ4n) is 4.16. The number of nitrogens with one attached hydrogen (secondary N) is 2. The first-order chi connectivity index (χ1) is 16.9. The smallest absolute Gasteiger partial charge is 0.286 e. The normalized spacial score (nSPS) is 21.3. The van der Waals surface area contributed by atoms with E-state index in [0.717, 1.165) is 29.3 Å². The number of fused-ring (bicyclic) bond motifs is 1. The summed E-state index contributed by atoms with van der Waals surface area (Å²) in [6.07, 6.45) is 6.15. The fraction of sp³-hybridized carbons (Fsp3) is 0.231. The van der Waals surface area contributed by atoms with Gasteiger partial charge in [0.05, 0.1) is 27.2 Å². The van der Waals surface area contributed by atoms with Crippen LogP contribution in [0.5, 0.6) is 0 Å². The van der Waals surface area contributed by atoms with Crippen LogP contribution < -0.4 is 10.6 Å². The Bertz CT molecular complexity index is 1370. The second kappa shape index (κ2) is 10.2. The number of amides is 2. The molecule has 1 aromatic heterocycles. The monoisotopic (exact) mass is 506 g/mol. The molecule has 3 N–H and O–H groups in total. The lowest BCUT2D eigenvalue weighted by atomic mass is 9.93. The van der Waals surface area contributed by atoms with Crippen molar-refractivity contribution >= 4 is 63.0 Å². The van der Waals surface area contributed by atoms with Crippen molar-refractivity contribution in [1.82, 2.24) is 10.3 Å². The molecule has 35 heavy (non-hydrogen) atoms. The van der Waals surface area contributed by atoms with Crippen molar-refractivity contribution in [3.05, 3.63) is 75.8 Å². The molecule has 2 heterocycles. The molecule has 0 atom stereocenters. The number of nitrogens with zero attached hydrogens (tertiary/aromatic N) is 2. The number of anilines is 1. The van der Waals surface area contributed by atoms with Crippen molar-refractivity contribution < 1.29 is 14.7 Å². The van der Waals surface area contributed by atoms with Crippen LogP contribution in [0.3, 0.4) is 0 Å². The Balaban J connectivity index is 1.27. The Morgan fingerprint density at radius 2 is 1.94 bits per heavy atom. The molecule has 0 saturated heterocycles. The van der Waals surface area contributed by atoms with E-state index in [-0.39, 0.29) is 24.0 Å². The highest BCUT2D eigenvalue weighted by molar-refractivity contribution is 8.18. The van der Waals surface area contributed by atoms with Crippen LogP contribution in [-0.4, -0.2) is 39.2 Å². The number of aliphatic hydroxyl groups excluding tert-OH is 1. The molecular formula is C26H23ClN4O3S. The SMILES string of the molecule is O=C1N=C(Nc2cc(C(=O)N[C@H]3CC[C@H](O)CC3)ccc2Cl)S/C1=C\c1ccc2ncccc2c1. The van der Waals surface area contributed by atoms with Crippen LogP contribution in [-0.2, 0) is 4.79 Å². The number of rotatable bonds is 4. The van der Waals surface area contributed by atoms with Gasteiger partial charge in [0.15, 0.2) is 5.17 Å². The van der Waals surface area contributed by atoms with Crippen molar-refractivity contribution in [3.8, 4) is 0 Å². The summed E-state index contributed by atoms with van der Waals surface area (Å²) in [5.74, 6) is -0.539. The summed E-state index contributed by atoms with van der Waals surface area (Å²) in [5.41, 5.74) is 2.72. The second-order valence-corrected chi connectivity index (χ2v) is 10.0. The average molecular weight is 507 g/mol. The molecule has 0 radical (unpaired) electrons. The first kappa shape index (κ1) is 23.5. The number of carbonyl (C=O) groups is 2. The Hall–Kier alpha value is -3.20. The van der Waals surface area contributed by atoms with E-state index in [9.17, 15) is 14.7 Å². The van der Waals surface area contributed by atoms with Gasteiger partial charge < -0.3 is 15.7 Å². The Morgan fingerprint density at radius 1 is 1.11 bits per heavy atom. The molecule has 0 unspecified atom stereocenters. The second-order valence-electron chi connectivity index (χ2n) is 8.59. The molecule has 178 valence electrons. The van der Waals surface area contributed by atoms with Gasteiger partial charge in [0, 0.05) is 23.2 Å². The van der Waals surface area contributed by atoms with E-state index in [1.807, 2.05) is 30.3 Å². The number of hydrogen-bond acceptors (Lipinski definition) is 6. The highest BCUT2D eigenvalue weighted by atomic mass is 35.5. The summed E-state index contributed by atoms with van der Waals surface area (Å²) in [7, 11) is 0. The molecule has 0 spiro atoms. The van der Waals surface area contributed by atoms with Gasteiger partial charge in [-0.2, -0.15) is 4.99 Å². The largest absolute Gasteiger partial charge is 0.393 e. The molecule has 2 amide bonds. The third-order valence-electron chi connectivity index (χ3n) is 6.05. The van der Waals surface area contributed by atoms with Crippen LogP contribution in [0.4, 0.5) is 5.69 Å². The summed E-state index contributed by atoms with van der Waals surface area (Å²) < 4.78 is 0. The summed E-state index contributed by atoms with van der Waals surface area (Å²) in [6.45, 7) is 0. The van der Waals surface area contributed by atoms with Crippen molar-refractivity contribution in [2.45, 2.75) is 37.8 Å². The predicted molar refractivity (Wildman–Crippen MR) is 141 cm³/mol. The Labute approximate surface area is 211 Å². The third kappa shape index (κ3) is 5.56. The van der Waals surface area contributed by atoms with E-state index in [4.69, 9.17) is 11.6 Å². The number of benzene rings is 2. The van der Waals surface area contributed by atoms with E-state index in [1.165, 1.54) is 11.8 Å². The van der Waals surface area contributed by atoms with Gasteiger partial charge in [0.2, 0.25) is 0 Å². The molecule has 2 aromatic carbocycles. The number of aliphatic hydroxyl groups is 1. The first-order valence-electron chi connectivity index (χ1n) is 11.4. The quantitative estimate of drug-likeness (QED) is 0.430. The number of aromatic nitrogens is 1. The topological polar surface area (TPSA) is 104 Å². The molecule has 7 nitrogen and oxygen atoms in total. The van der Waals surface area contributed by atoms with E-state index in [0.29, 0.717) is 39.2 Å². The molecular weight excluding hydrogens is 484 g/mol. The summed E-state index contributed by atoms with van der Waals surface area (Å²) in [5, 5.41) is 17.6. The molecule has 1 saturated carbocycles. The minimum Gasteiger partial charge on any atom is -0.393 e. The number of pyridine rings is 1. The van der Waals surface area contributed by atoms with Crippen molar-refractivity contribution in [3.63, 3.8) is 0 Å². The van der Waals surface area contributed by atoms with Gasteiger partial charge in [0.25, 0.3) is 11.8 Å². The Morgan fingerprint density at radius 3 is 2.77 bits per heavy atom. The first-order valence-corrected chi connectivity index (χ1v) is 12.6. The molecule has 3 aromatic rings. The van der Waals surface area contributed by atoms with Crippen LogP contribution in [0.25, 0.3) is 17.0 Å². The lowest BCUT2D eigenvalue weighted by Gasteiger charge is -2.26. The minimum atomic E-state index is -0.340. The van der Waals surface area contributed by atoms with E-state index < -0.39 is 0 Å². The van der Waals surface area contributed by atoms with Crippen LogP contribution in [0.1, 0.15) is 41.6 Å². The zero-order valence-electron chi connectivity index (χ0n) is 18.7. The van der Waals surface area contributed by atoms with Gasteiger partial charge in [-0.15, -0.1) is 0 Å². The van der Waals surface area contributed by atoms with E-state index >= 15 is 0 Å². The summed E-state index contributed by atoms with van der Waals surface area (Å²) >= 11 is 7.57.